The van der Waals surface area contributed by atoms with Crippen molar-refractivity contribution < 1.29 is 9.47 Å². The van der Waals surface area contributed by atoms with Gasteiger partial charge in [0.25, 0.3) is 0 Å². The number of halogens is 1. The molecule has 0 saturated carbocycles. The third kappa shape index (κ3) is 7.47. The predicted molar refractivity (Wildman–Crippen MR) is 117 cm³/mol. The topological polar surface area (TPSA) is 61.4 Å². The van der Waals surface area contributed by atoms with Gasteiger partial charge in [-0.2, -0.15) is 0 Å². The second-order valence-corrected chi connectivity index (χ2v) is 7.25. The van der Waals surface area contributed by atoms with E-state index >= 15 is 0 Å². The molecule has 1 aromatic carbocycles. The van der Waals surface area contributed by atoms with Crippen LogP contribution in [-0.4, -0.2) is 84.6 Å². The van der Waals surface area contributed by atoms with Crippen LogP contribution in [0, 0.1) is 0 Å². The number of likely N-dealkylation sites (N-methyl/N-ethyl adjacent to an activating group) is 1. The van der Waals surface area contributed by atoms with Crippen LogP contribution in [-0.2, 0) is 16.0 Å². The summed E-state index contributed by atoms with van der Waals surface area (Å²) in [6, 6.07) is 6.13. The van der Waals surface area contributed by atoms with Gasteiger partial charge in [0.2, 0.25) is 0 Å². The van der Waals surface area contributed by atoms with Crippen molar-refractivity contribution in [1.82, 2.24) is 15.5 Å². The molecule has 1 aliphatic rings. The van der Waals surface area contributed by atoms with Crippen LogP contribution < -0.4 is 15.5 Å². The maximum absolute atomic E-state index is 6.53. The molecule has 0 aromatic heterocycles. The van der Waals surface area contributed by atoms with E-state index in [1.54, 1.807) is 14.2 Å². The molecule has 1 fully saturated rings. The molecule has 7 nitrogen and oxygen atoms in total. The molecule has 1 aromatic rings. The summed E-state index contributed by atoms with van der Waals surface area (Å²) < 4.78 is 10.4. The van der Waals surface area contributed by atoms with Crippen molar-refractivity contribution in [2.75, 3.05) is 78.6 Å². The molecule has 1 aliphatic heterocycles. The van der Waals surface area contributed by atoms with Gasteiger partial charge in [0.15, 0.2) is 5.96 Å². The number of nitrogens with zero attached hydrogens (tertiary/aromatic N) is 3. The highest BCUT2D eigenvalue weighted by atomic mass is 35.5. The van der Waals surface area contributed by atoms with E-state index in [0.717, 1.165) is 55.7 Å². The zero-order valence-corrected chi connectivity index (χ0v) is 18.1. The molecule has 28 heavy (non-hydrogen) atoms. The number of aliphatic imine (C=N–C) groups is 1. The Morgan fingerprint density at radius 1 is 1.14 bits per heavy atom. The molecule has 0 radical (unpaired) electrons. The van der Waals surface area contributed by atoms with Gasteiger partial charge in [0, 0.05) is 76.3 Å². The van der Waals surface area contributed by atoms with Gasteiger partial charge in [-0.15, -0.1) is 0 Å². The average molecular weight is 412 g/mol. The summed E-state index contributed by atoms with van der Waals surface area (Å²) in [6.07, 6.45) is 0.906. The number of hydrogen-bond acceptors (Lipinski definition) is 5. The summed E-state index contributed by atoms with van der Waals surface area (Å²) in [4.78, 5) is 9.07. The minimum absolute atomic E-state index is 0.629. The fourth-order valence-electron chi connectivity index (χ4n) is 3.08. The van der Waals surface area contributed by atoms with E-state index in [1.165, 1.54) is 5.69 Å². The van der Waals surface area contributed by atoms with Crippen LogP contribution in [0.15, 0.2) is 23.2 Å². The summed E-state index contributed by atoms with van der Waals surface area (Å²) in [7, 11) is 5.61. The number of benzene rings is 1. The Hall–Kier alpha value is -1.54. The molecule has 1 saturated heterocycles. The number of rotatable bonds is 10. The Bertz CT molecular complexity index is 606. The fourth-order valence-corrected chi connectivity index (χ4v) is 3.32. The maximum atomic E-state index is 6.53. The number of hydrogen-bond donors (Lipinski definition) is 2. The molecule has 0 atom stereocenters. The van der Waals surface area contributed by atoms with Gasteiger partial charge in [0.05, 0.1) is 13.2 Å². The Morgan fingerprint density at radius 2 is 1.93 bits per heavy atom. The van der Waals surface area contributed by atoms with E-state index in [1.807, 2.05) is 12.1 Å². The Morgan fingerprint density at radius 3 is 2.64 bits per heavy atom. The van der Waals surface area contributed by atoms with E-state index in [2.05, 4.69) is 38.5 Å². The van der Waals surface area contributed by atoms with Gasteiger partial charge >= 0.3 is 0 Å². The number of methoxy groups -OCH3 is 1. The highest BCUT2D eigenvalue weighted by molar-refractivity contribution is 6.31. The van der Waals surface area contributed by atoms with Crippen LogP contribution in [0.3, 0.4) is 0 Å². The summed E-state index contributed by atoms with van der Waals surface area (Å²) in [5.74, 6) is 0.765. The monoisotopic (exact) mass is 411 g/mol. The van der Waals surface area contributed by atoms with Crippen LogP contribution in [0.25, 0.3) is 0 Å². The molecule has 0 unspecified atom stereocenters. The quantitative estimate of drug-likeness (QED) is 0.348. The van der Waals surface area contributed by atoms with E-state index < -0.39 is 0 Å². The molecule has 1 heterocycles. The van der Waals surface area contributed by atoms with Crippen LogP contribution >= 0.6 is 11.6 Å². The number of guanidine groups is 1. The first-order chi connectivity index (χ1) is 13.7. The van der Waals surface area contributed by atoms with Crippen molar-refractivity contribution in [1.29, 1.82) is 0 Å². The third-order valence-electron chi connectivity index (χ3n) is 4.78. The fraction of sp³-hybridized carbons (Fsp3) is 0.650. The third-order valence-corrected chi connectivity index (χ3v) is 5.14. The molecule has 2 N–H and O–H groups in total. The van der Waals surface area contributed by atoms with Crippen molar-refractivity contribution >= 4 is 23.2 Å². The molecule has 2 rings (SSSR count). The first-order valence-corrected chi connectivity index (χ1v) is 10.3. The molecule has 158 valence electrons. The first-order valence-electron chi connectivity index (χ1n) is 9.87. The minimum atomic E-state index is 0.629. The Kier molecular flexibility index (Phi) is 10.4. The second kappa shape index (κ2) is 12.8. The van der Waals surface area contributed by atoms with Gasteiger partial charge in [-0.05, 0) is 25.6 Å². The van der Waals surface area contributed by atoms with Gasteiger partial charge < -0.3 is 29.9 Å². The van der Waals surface area contributed by atoms with Crippen molar-refractivity contribution in [3.05, 3.63) is 28.8 Å². The molecule has 0 aliphatic carbocycles. The van der Waals surface area contributed by atoms with Crippen molar-refractivity contribution in [2.24, 2.45) is 4.99 Å². The van der Waals surface area contributed by atoms with Gasteiger partial charge in [-0.1, -0.05) is 17.7 Å². The molecule has 8 heteroatoms. The predicted octanol–water partition coefficient (Wildman–Crippen LogP) is 1.81. The number of piperazine rings is 1. The van der Waals surface area contributed by atoms with E-state index in [-0.39, 0.29) is 0 Å². The lowest BCUT2D eigenvalue weighted by Gasteiger charge is -2.35. The van der Waals surface area contributed by atoms with E-state index in [0.29, 0.717) is 26.4 Å². The molecular formula is C20H34ClN5O2. The zero-order valence-electron chi connectivity index (χ0n) is 17.3. The van der Waals surface area contributed by atoms with Crippen LogP contribution in [0.4, 0.5) is 5.69 Å². The normalized spacial score (nSPS) is 15.7. The average Bonchev–Trinajstić information content (AvgIpc) is 2.71. The lowest BCUT2D eigenvalue weighted by atomic mass is 10.1. The van der Waals surface area contributed by atoms with E-state index in [9.17, 15) is 0 Å². The van der Waals surface area contributed by atoms with Gasteiger partial charge in [0.1, 0.15) is 0 Å². The van der Waals surface area contributed by atoms with E-state index in [4.69, 9.17) is 21.1 Å². The molecule has 0 amide bonds. The summed E-state index contributed by atoms with van der Waals surface area (Å²) in [6.45, 7) is 7.54. The summed E-state index contributed by atoms with van der Waals surface area (Å²) in [5.41, 5.74) is 2.31. The van der Waals surface area contributed by atoms with Crippen molar-refractivity contribution in [2.45, 2.75) is 13.0 Å². The van der Waals surface area contributed by atoms with Gasteiger partial charge in [-0.25, -0.2) is 0 Å². The minimum Gasteiger partial charge on any atom is -0.382 e. The SMILES string of the molecule is CN=C(NCCCOCCOC)NCc1c(Cl)cccc1N1CCN(C)CC1. The summed E-state index contributed by atoms with van der Waals surface area (Å²) >= 11 is 6.53. The van der Waals surface area contributed by atoms with Crippen LogP contribution in [0.5, 0.6) is 0 Å². The Labute approximate surface area is 174 Å². The first kappa shape index (κ1) is 22.7. The largest absolute Gasteiger partial charge is 0.382 e. The van der Waals surface area contributed by atoms with Crippen molar-refractivity contribution in [3.8, 4) is 0 Å². The standard InChI is InChI=1S/C20H34ClN5O2/c1-22-20(23-8-5-13-28-15-14-27-3)24-16-17-18(21)6-4-7-19(17)26-11-9-25(2)10-12-26/h4,6-7H,5,8-16H2,1-3H3,(H2,22,23,24). The second-order valence-electron chi connectivity index (χ2n) is 6.84. The summed E-state index contributed by atoms with van der Waals surface area (Å²) in [5, 5.41) is 7.48. The smallest absolute Gasteiger partial charge is 0.191 e. The number of nitrogens with one attached hydrogen (secondary N) is 2. The number of ether oxygens (including phenoxy) is 2. The highest BCUT2D eigenvalue weighted by Crippen LogP contribution is 2.28. The lowest BCUT2D eigenvalue weighted by Crippen LogP contribution is -2.45. The maximum Gasteiger partial charge on any atom is 0.191 e. The molecular weight excluding hydrogens is 378 g/mol. The highest BCUT2D eigenvalue weighted by Gasteiger charge is 2.18. The van der Waals surface area contributed by atoms with Crippen LogP contribution in [0.2, 0.25) is 5.02 Å². The lowest BCUT2D eigenvalue weighted by molar-refractivity contribution is 0.0698. The Balaban J connectivity index is 1.83. The zero-order chi connectivity index (χ0) is 20.2. The number of anilines is 1. The van der Waals surface area contributed by atoms with Crippen LogP contribution in [0.1, 0.15) is 12.0 Å². The molecule has 0 spiro atoms. The molecule has 0 bridgehead atoms. The van der Waals surface area contributed by atoms with Crippen molar-refractivity contribution in [3.63, 3.8) is 0 Å². The van der Waals surface area contributed by atoms with Gasteiger partial charge in [-0.3, -0.25) is 4.99 Å².